The zero-order valence-electron chi connectivity index (χ0n) is 10.3. The number of hydrogen-bond acceptors (Lipinski definition) is 3. The minimum atomic E-state index is 0.507. The zero-order valence-corrected chi connectivity index (χ0v) is 10.3. The van der Waals surface area contributed by atoms with Crippen LogP contribution in [0.5, 0.6) is 0 Å². The Hall–Kier alpha value is -0.870. The van der Waals surface area contributed by atoms with E-state index in [-0.39, 0.29) is 0 Å². The summed E-state index contributed by atoms with van der Waals surface area (Å²) in [5, 5.41) is 3.42. The van der Waals surface area contributed by atoms with E-state index < -0.39 is 0 Å². The van der Waals surface area contributed by atoms with Crippen molar-refractivity contribution in [3.63, 3.8) is 0 Å². The van der Waals surface area contributed by atoms with Gasteiger partial charge in [0.25, 0.3) is 0 Å². The molecule has 0 radical (unpaired) electrons. The van der Waals surface area contributed by atoms with Gasteiger partial charge in [-0.15, -0.1) is 0 Å². The van der Waals surface area contributed by atoms with E-state index in [1.165, 1.54) is 18.7 Å². The van der Waals surface area contributed by atoms with Crippen LogP contribution in [0.3, 0.4) is 0 Å². The highest BCUT2D eigenvalue weighted by Gasteiger charge is 2.10. The molecule has 1 N–H and O–H groups in total. The molecule has 1 aliphatic heterocycles. The minimum absolute atomic E-state index is 0.507. The number of hydrogen-bond donors (Lipinski definition) is 1. The summed E-state index contributed by atoms with van der Waals surface area (Å²) < 4.78 is 2.17. The van der Waals surface area contributed by atoms with E-state index in [9.17, 15) is 0 Å². The molecule has 0 bridgehead atoms. The summed E-state index contributed by atoms with van der Waals surface area (Å²) in [5.74, 6) is 0. The number of nitrogens with zero attached hydrogens (tertiary/aromatic N) is 3. The fourth-order valence-electron chi connectivity index (χ4n) is 2.03. The summed E-state index contributed by atoms with van der Waals surface area (Å²) in [6.45, 7) is 9.92. The molecule has 1 saturated heterocycles. The Kier molecular flexibility index (Phi) is 3.96. The first-order valence-corrected chi connectivity index (χ1v) is 6.21. The van der Waals surface area contributed by atoms with Gasteiger partial charge in [-0.25, -0.2) is 4.98 Å². The molecule has 0 aromatic carbocycles. The molecule has 1 fully saturated rings. The highest BCUT2D eigenvalue weighted by atomic mass is 15.2. The molecule has 0 aliphatic carbocycles. The smallest absolute Gasteiger partial charge is 0.0952 e. The van der Waals surface area contributed by atoms with Crippen molar-refractivity contribution < 1.29 is 0 Å². The molecule has 1 aromatic heterocycles. The van der Waals surface area contributed by atoms with E-state index in [4.69, 9.17) is 0 Å². The van der Waals surface area contributed by atoms with Gasteiger partial charge >= 0.3 is 0 Å². The van der Waals surface area contributed by atoms with E-state index in [1.54, 1.807) is 0 Å². The number of nitrogens with one attached hydrogen (secondary N) is 1. The van der Waals surface area contributed by atoms with Gasteiger partial charge in [-0.05, 0) is 33.4 Å². The Morgan fingerprint density at radius 1 is 1.38 bits per heavy atom. The summed E-state index contributed by atoms with van der Waals surface area (Å²) in [4.78, 5) is 6.94. The first kappa shape index (κ1) is 11.6. The normalized spacial score (nSPS) is 18.9. The molecule has 0 spiro atoms. The van der Waals surface area contributed by atoms with Gasteiger partial charge in [0.1, 0.15) is 0 Å². The van der Waals surface area contributed by atoms with Gasteiger partial charge in [0.2, 0.25) is 0 Å². The molecular weight excluding hydrogens is 200 g/mol. The minimum Gasteiger partial charge on any atom is -0.335 e. The number of imidazole rings is 1. The van der Waals surface area contributed by atoms with Crippen molar-refractivity contribution in [3.05, 3.63) is 18.2 Å². The van der Waals surface area contributed by atoms with Crippen LogP contribution in [0.4, 0.5) is 0 Å². The molecule has 2 rings (SSSR count). The second kappa shape index (κ2) is 5.46. The zero-order chi connectivity index (χ0) is 11.4. The van der Waals surface area contributed by atoms with Crippen LogP contribution in [-0.2, 0) is 6.54 Å². The van der Waals surface area contributed by atoms with Gasteiger partial charge in [-0.3, -0.25) is 4.90 Å². The topological polar surface area (TPSA) is 33.1 Å². The molecule has 90 valence electrons. The van der Waals surface area contributed by atoms with Crippen molar-refractivity contribution in [1.29, 1.82) is 0 Å². The van der Waals surface area contributed by atoms with E-state index in [2.05, 4.69) is 39.8 Å². The van der Waals surface area contributed by atoms with Gasteiger partial charge in [0.05, 0.1) is 12.0 Å². The molecule has 2 heterocycles. The van der Waals surface area contributed by atoms with Crippen molar-refractivity contribution in [1.82, 2.24) is 19.8 Å². The number of aromatic nitrogens is 2. The summed E-state index contributed by atoms with van der Waals surface area (Å²) in [5.41, 5.74) is 1.19. The maximum absolute atomic E-state index is 4.46. The highest BCUT2D eigenvalue weighted by Crippen LogP contribution is 2.08. The maximum Gasteiger partial charge on any atom is 0.0952 e. The first-order valence-electron chi connectivity index (χ1n) is 6.21. The lowest BCUT2D eigenvalue weighted by atomic mass is 10.3. The first-order chi connectivity index (χ1) is 7.75. The highest BCUT2D eigenvalue weighted by molar-refractivity contribution is 4.97. The van der Waals surface area contributed by atoms with Crippen LogP contribution in [0.15, 0.2) is 12.5 Å². The lowest BCUT2D eigenvalue weighted by Crippen LogP contribution is -2.27. The van der Waals surface area contributed by atoms with Gasteiger partial charge < -0.3 is 9.88 Å². The summed E-state index contributed by atoms with van der Waals surface area (Å²) in [6.07, 6.45) is 5.35. The molecule has 1 aliphatic rings. The molecule has 0 unspecified atom stereocenters. The lowest BCUT2D eigenvalue weighted by molar-refractivity contribution is 0.281. The molecule has 4 heteroatoms. The predicted octanol–water partition coefficient (Wildman–Crippen LogP) is 1.26. The third-order valence-corrected chi connectivity index (χ3v) is 3.07. The van der Waals surface area contributed by atoms with Crippen molar-refractivity contribution in [3.8, 4) is 0 Å². The Labute approximate surface area is 97.7 Å². The second-order valence-electron chi connectivity index (χ2n) is 4.79. The SMILES string of the molecule is CC(C)n1cnc(CN2CCCNCC2)c1. The van der Waals surface area contributed by atoms with E-state index in [0.29, 0.717) is 6.04 Å². The van der Waals surface area contributed by atoms with Crippen LogP contribution < -0.4 is 5.32 Å². The van der Waals surface area contributed by atoms with Gasteiger partial charge in [-0.2, -0.15) is 0 Å². The van der Waals surface area contributed by atoms with Crippen molar-refractivity contribution in [2.45, 2.75) is 32.9 Å². The largest absolute Gasteiger partial charge is 0.335 e. The molecule has 1 aromatic rings. The number of rotatable bonds is 3. The van der Waals surface area contributed by atoms with Crippen LogP contribution in [0.25, 0.3) is 0 Å². The average molecular weight is 222 g/mol. The van der Waals surface area contributed by atoms with Gasteiger partial charge in [0.15, 0.2) is 0 Å². The monoisotopic (exact) mass is 222 g/mol. The molecule has 0 atom stereocenters. The third-order valence-electron chi connectivity index (χ3n) is 3.07. The van der Waals surface area contributed by atoms with Crippen molar-refractivity contribution in [2.24, 2.45) is 0 Å². The van der Waals surface area contributed by atoms with Crippen LogP contribution >= 0.6 is 0 Å². The second-order valence-corrected chi connectivity index (χ2v) is 4.79. The van der Waals surface area contributed by atoms with Gasteiger partial charge in [-0.1, -0.05) is 0 Å². The lowest BCUT2D eigenvalue weighted by Gasteiger charge is -2.17. The molecule has 0 saturated carbocycles. The van der Waals surface area contributed by atoms with E-state index in [1.807, 2.05) is 6.33 Å². The van der Waals surface area contributed by atoms with E-state index >= 15 is 0 Å². The average Bonchev–Trinajstić information content (AvgIpc) is 2.56. The summed E-state index contributed by atoms with van der Waals surface area (Å²) >= 11 is 0. The molecule has 0 amide bonds. The Morgan fingerprint density at radius 2 is 2.25 bits per heavy atom. The molecular formula is C12H22N4. The van der Waals surface area contributed by atoms with Crippen LogP contribution in [0.2, 0.25) is 0 Å². The van der Waals surface area contributed by atoms with Crippen LogP contribution in [0.1, 0.15) is 32.0 Å². The summed E-state index contributed by atoms with van der Waals surface area (Å²) in [6, 6.07) is 0.507. The van der Waals surface area contributed by atoms with Crippen LogP contribution in [-0.4, -0.2) is 40.6 Å². The van der Waals surface area contributed by atoms with Crippen molar-refractivity contribution >= 4 is 0 Å². The Morgan fingerprint density at radius 3 is 3.00 bits per heavy atom. The predicted molar refractivity (Wildman–Crippen MR) is 65.4 cm³/mol. The summed E-state index contributed by atoms with van der Waals surface area (Å²) in [7, 11) is 0. The van der Waals surface area contributed by atoms with Gasteiger partial charge in [0, 0.05) is 31.9 Å². The standard InChI is InChI=1S/C12H22N4/c1-11(2)16-9-12(14-10-16)8-15-6-3-4-13-5-7-15/h9-11,13H,3-8H2,1-2H3. The Balaban J connectivity index is 1.91. The van der Waals surface area contributed by atoms with Crippen molar-refractivity contribution in [2.75, 3.05) is 26.2 Å². The third kappa shape index (κ3) is 3.06. The fraction of sp³-hybridized carbons (Fsp3) is 0.750. The molecule has 16 heavy (non-hydrogen) atoms. The quantitative estimate of drug-likeness (QED) is 0.836. The van der Waals surface area contributed by atoms with Crippen LogP contribution in [0, 0.1) is 0 Å². The molecule has 4 nitrogen and oxygen atoms in total. The Bertz CT molecular complexity index is 311. The van der Waals surface area contributed by atoms with E-state index in [0.717, 1.165) is 26.2 Å². The maximum atomic E-state index is 4.46. The fourth-order valence-corrected chi connectivity index (χ4v) is 2.03.